The second-order valence-corrected chi connectivity index (χ2v) is 5.63. The SMILES string of the molecule is OCC#Cc1ccc(CSc2nnnn2C2CC2)c(F)c1. The molecule has 1 aromatic heterocycles. The Bertz CT molecular complexity index is 702. The maximum atomic E-state index is 14.0. The maximum Gasteiger partial charge on any atom is 0.209 e. The zero-order chi connectivity index (χ0) is 14.7. The van der Waals surface area contributed by atoms with Crippen LogP contribution in [0.25, 0.3) is 0 Å². The first-order chi connectivity index (χ1) is 10.3. The highest BCUT2D eigenvalue weighted by Gasteiger charge is 2.27. The molecule has 0 saturated heterocycles. The van der Waals surface area contributed by atoms with Crippen molar-refractivity contribution in [2.24, 2.45) is 0 Å². The third-order valence-corrected chi connectivity index (χ3v) is 4.06. The molecule has 1 aliphatic rings. The molecule has 1 N–H and O–H groups in total. The summed E-state index contributed by atoms with van der Waals surface area (Å²) in [7, 11) is 0. The number of aliphatic hydroxyl groups excluding tert-OH is 1. The van der Waals surface area contributed by atoms with Gasteiger partial charge in [-0.05, 0) is 41.0 Å². The second kappa shape index (κ2) is 6.24. The number of hydrogen-bond acceptors (Lipinski definition) is 5. The molecule has 0 atom stereocenters. The van der Waals surface area contributed by atoms with Crippen molar-refractivity contribution in [1.82, 2.24) is 20.2 Å². The van der Waals surface area contributed by atoms with Gasteiger partial charge in [0.1, 0.15) is 12.4 Å². The normalized spacial score (nSPS) is 13.8. The van der Waals surface area contributed by atoms with E-state index in [2.05, 4.69) is 27.4 Å². The van der Waals surface area contributed by atoms with Crippen LogP contribution in [-0.2, 0) is 5.75 Å². The van der Waals surface area contributed by atoms with E-state index < -0.39 is 0 Å². The Hall–Kier alpha value is -1.91. The van der Waals surface area contributed by atoms with Crippen LogP contribution >= 0.6 is 11.8 Å². The molecule has 5 nitrogen and oxygen atoms in total. The number of tetrazole rings is 1. The van der Waals surface area contributed by atoms with Gasteiger partial charge in [-0.2, -0.15) is 0 Å². The third-order valence-electron chi connectivity index (χ3n) is 3.08. The summed E-state index contributed by atoms with van der Waals surface area (Å²) in [5.41, 5.74) is 1.14. The summed E-state index contributed by atoms with van der Waals surface area (Å²) >= 11 is 1.42. The average molecular weight is 304 g/mol. The highest BCUT2D eigenvalue weighted by atomic mass is 32.2. The molecule has 1 fully saturated rings. The largest absolute Gasteiger partial charge is 0.384 e. The third kappa shape index (κ3) is 3.40. The summed E-state index contributed by atoms with van der Waals surface area (Å²) in [4.78, 5) is 0. The summed E-state index contributed by atoms with van der Waals surface area (Å²) < 4.78 is 15.8. The van der Waals surface area contributed by atoms with Crippen LogP contribution < -0.4 is 0 Å². The first-order valence-electron chi connectivity index (χ1n) is 6.57. The Labute approximate surface area is 125 Å². The Kier molecular flexibility index (Phi) is 4.18. The molecule has 21 heavy (non-hydrogen) atoms. The predicted octanol–water partition coefficient (Wildman–Crippen LogP) is 1.78. The standard InChI is InChI=1S/C14H13FN4OS/c15-13-8-10(2-1-7-20)3-4-11(13)9-21-14-16-17-18-19(14)12-5-6-12/h3-4,8,12,20H,5-7,9H2. The van der Waals surface area contributed by atoms with Gasteiger partial charge in [-0.3, -0.25) is 0 Å². The average Bonchev–Trinajstić information content (AvgIpc) is 3.23. The van der Waals surface area contributed by atoms with E-state index in [1.807, 2.05) is 4.68 Å². The predicted molar refractivity (Wildman–Crippen MR) is 76.0 cm³/mol. The van der Waals surface area contributed by atoms with Crippen LogP contribution in [0.5, 0.6) is 0 Å². The fraction of sp³-hybridized carbons (Fsp3) is 0.357. The lowest BCUT2D eigenvalue weighted by Gasteiger charge is -2.04. The van der Waals surface area contributed by atoms with Gasteiger partial charge in [0.2, 0.25) is 5.16 Å². The van der Waals surface area contributed by atoms with Crippen molar-refractivity contribution in [3.63, 3.8) is 0 Å². The van der Waals surface area contributed by atoms with Crippen molar-refractivity contribution in [2.45, 2.75) is 29.8 Å². The number of aromatic nitrogens is 4. The van der Waals surface area contributed by atoms with Crippen molar-refractivity contribution in [2.75, 3.05) is 6.61 Å². The highest BCUT2D eigenvalue weighted by molar-refractivity contribution is 7.98. The molecule has 1 saturated carbocycles. The topological polar surface area (TPSA) is 63.8 Å². The Balaban J connectivity index is 1.68. The van der Waals surface area contributed by atoms with Gasteiger partial charge in [0.15, 0.2) is 0 Å². The number of aliphatic hydroxyl groups is 1. The molecule has 0 unspecified atom stereocenters. The molecule has 0 spiro atoms. The van der Waals surface area contributed by atoms with Gasteiger partial charge in [-0.25, -0.2) is 9.07 Å². The molecular formula is C14H13FN4OS. The molecule has 1 aliphatic carbocycles. The summed E-state index contributed by atoms with van der Waals surface area (Å²) in [6.45, 7) is -0.233. The van der Waals surface area contributed by atoms with E-state index in [0.29, 0.717) is 22.9 Å². The summed E-state index contributed by atoms with van der Waals surface area (Å²) in [5.74, 6) is 5.33. The number of nitrogens with zero attached hydrogens (tertiary/aromatic N) is 4. The lowest BCUT2D eigenvalue weighted by atomic mass is 10.1. The van der Waals surface area contributed by atoms with Crippen molar-refractivity contribution in [3.8, 4) is 11.8 Å². The monoisotopic (exact) mass is 304 g/mol. The lowest BCUT2D eigenvalue weighted by Crippen LogP contribution is -1.99. The Morgan fingerprint density at radius 1 is 1.43 bits per heavy atom. The smallest absolute Gasteiger partial charge is 0.209 e. The minimum atomic E-state index is -0.308. The van der Waals surface area contributed by atoms with Gasteiger partial charge < -0.3 is 5.11 Å². The van der Waals surface area contributed by atoms with E-state index in [1.54, 1.807) is 12.1 Å². The van der Waals surface area contributed by atoms with E-state index in [4.69, 9.17) is 5.11 Å². The first-order valence-corrected chi connectivity index (χ1v) is 7.55. The van der Waals surface area contributed by atoms with Crippen LogP contribution in [0.15, 0.2) is 23.4 Å². The Morgan fingerprint density at radius 3 is 3.00 bits per heavy atom. The number of hydrogen-bond donors (Lipinski definition) is 1. The zero-order valence-electron chi connectivity index (χ0n) is 11.2. The van der Waals surface area contributed by atoms with Crippen molar-refractivity contribution in [3.05, 3.63) is 35.1 Å². The van der Waals surface area contributed by atoms with Crippen molar-refractivity contribution >= 4 is 11.8 Å². The number of thioether (sulfide) groups is 1. The van der Waals surface area contributed by atoms with Gasteiger partial charge in [-0.15, -0.1) is 5.10 Å². The van der Waals surface area contributed by atoms with Gasteiger partial charge >= 0.3 is 0 Å². The Morgan fingerprint density at radius 2 is 2.29 bits per heavy atom. The zero-order valence-corrected chi connectivity index (χ0v) is 12.0. The molecular weight excluding hydrogens is 291 g/mol. The quantitative estimate of drug-likeness (QED) is 0.689. The van der Waals surface area contributed by atoms with Gasteiger partial charge in [-0.1, -0.05) is 29.7 Å². The van der Waals surface area contributed by atoms with Crippen LogP contribution in [0.2, 0.25) is 0 Å². The lowest BCUT2D eigenvalue weighted by molar-refractivity contribution is 0.350. The second-order valence-electron chi connectivity index (χ2n) is 4.69. The molecule has 0 aliphatic heterocycles. The summed E-state index contributed by atoms with van der Waals surface area (Å²) in [6.07, 6.45) is 2.20. The van der Waals surface area contributed by atoms with Crippen LogP contribution in [0.4, 0.5) is 4.39 Å². The van der Waals surface area contributed by atoms with Crippen LogP contribution in [-0.4, -0.2) is 31.9 Å². The maximum absolute atomic E-state index is 14.0. The van der Waals surface area contributed by atoms with E-state index in [0.717, 1.165) is 18.0 Å². The molecule has 3 rings (SSSR count). The minimum Gasteiger partial charge on any atom is -0.384 e. The van der Waals surface area contributed by atoms with E-state index in [-0.39, 0.29) is 12.4 Å². The summed E-state index contributed by atoms with van der Waals surface area (Å²) in [6, 6.07) is 5.23. The molecule has 0 amide bonds. The summed E-state index contributed by atoms with van der Waals surface area (Å²) in [5, 5.41) is 21.0. The fourth-order valence-corrected chi connectivity index (χ4v) is 2.79. The van der Waals surface area contributed by atoms with Crippen LogP contribution in [0.1, 0.15) is 30.0 Å². The molecule has 0 bridgehead atoms. The molecule has 1 aromatic carbocycles. The highest BCUT2D eigenvalue weighted by Crippen LogP contribution is 2.37. The fourth-order valence-electron chi connectivity index (χ4n) is 1.85. The number of rotatable bonds is 4. The van der Waals surface area contributed by atoms with Gasteiger partial charge in [0.25, 0.3) is 0 Å². The molecule has 2 aromatic rings. The van der Waals surface area contributed by atoms with Crippen molar-refractivity contribution < 1.29 is 9.50 Å². The van der Waals surface area contributed by atoms with Crippen LogP contribution in [0.3, 0.4) is 0 Å². The van der Waals surface area contributed by atoms with E-state index in [1.165, 1.54) is 17.8 Å². The first kappa shape index (κ1) is 14.0. The minimum absolute atomic E-state index is 0.233. The molecule has 7 heteroatoms. The number of halogens is 1. The molecule has 108 valence electrons. The number of benzene rings is 1. The van der Waals surface area contributed by atoms with Crippen LogP contribution in [0, 0.1) is 17.7 Å². The molecule has 1 heterocycles. The van der Waals surface area contributed by atoms with Gasteiger partial charge in [0, 0.05) is 11.3 Å². The van der Waals surface area contributed by atoms with Crippen molar-refractivity contribution in [1.29, 1.82) is 0 Å². The van der Waals surface area contributed by atoms with E-state index >= 15 is 0 Å². The molecule has 0 radical (unpaired) electrons. The van der Waals surface area contributed by atoms with Gasteiger partial charge in [0.05, 0.1) is 6.04 Å². The van der Waals surface area contributed by atoms with E-state index in [9.17, 15) is 4.39 Å².